The van der Waals surface area contributed by atoms with Crippen LogP contribution in [0, 0.1) is 0 Å². The Morgan fingerprint density at radius 2 is 1.67 bits per heavy atom. The molecule has 0 aliphatic carbocycles. The van der Waals surface area contributed by atoms with Gasteiger partial charge in [0.1, 0.15) is 0 Å². The molecular formula is C20H37IN4O2. The van der Waals surface area contributed by atoms with Crippen LogP contribution in [0.1, 0.15) is 25.3 Å². The average molecular weight is 492 g/mol. The smallest absolute Gasteiger partial charge is 0.191 e. The summed E-state index contributed by atoms with van der Waals surface area (Å²) in [6, 6.07) is 10.5. The van der Waals surface area contributed by atoms with E-state index >= 15 is 0 Å². The molecular weight excluding hydrogens is 455 g/mol. The molecule has 0 atom stereocenters. The largest absolute Gasteiger partial charge is 0.379 e. The van der Waals surface area contributed by atoms with E-state index in [9.17, 15) is 0 Å². The summed E-state index contributed by atoms with van der Waals surface area (Å²) in [5.41, 5.74) is 1.33. The van der Waals surface area contributed by atoms with Gasteiger partial charge in [0.2, 0.25) is 0 Å². The average Bonchev–Trinajstić information content (AvgIpc) is 2.66. The predicted molar refractivity (Wildman–Crippen MR) is 124 cm³/mol. The van der Waals surface area contributed by atoms with Gasteiger partial charge in [-0.1, -0.05) is 43.7 Å². The van der Waals surface area contributed by atoms with Gasteiger partial charge in [0.05, 0.1) is 19.8 Å². The second-order valence-corrected chi connectivity index (χ2v) is 6.23. The lowest BCUT2D eigenvalue weighted by Gasteiger charge is -2.18. The zero-order chi connectivity index (χ0) is 18.9. The van der Waals surface area contributed by atoms with E-state index in [4.69, 9.17) is 9.47 Å². The van der Waals surface area contributed by atoms with Gasteiger partial charge in [-0.2, -0.15) is 0 Å². The Morgan fingerprint density at radius 3 is 2.33 bits per heavy atom. The van der Waals surface area contributed by atoms with Crippen molar-refractivity contribution in [2.45, 2.75) is 26.3 Å². The Balaban J connectivity index is 0.00000676. The molecule has 0 saturated heterocycles. The molecule has 0 spiro atoms. The van der Waals surface area contributed by atoms with Gasteiger partial charge in [-0.05, 0) is 19.0 Å². The van der Waals surface area contributed by atoms with Gasteiger partial charge in [-0.15, -0.1) is 24.0 Å². The third-order valence-corrected chi connectivity index (χ3v) is 3.86. The second kappa shape index (κ2) is 18.5. The number of guanidine groups is 1. The van der Waals surface area contributed by atoms with E-state index < -0.39 is 0 Å². The molecule has 27 heavy (non-hydrogen) atoms. The second-order valence-electron chi connectivity index (χ2n) is 6.23. The number of likely N-dealkylation sites (N-methyl/N-ethyl adjacent to an activating group) is 1. The number of unbranched alkanes of at least 4 members (excludes halogenated alkanes) is 1. The number of benzene rings is 1. The molecule has 0 amide bonds. The van der Waals surface area contributed by atoms with Gasteiger partial charge in [0.15, 0.2) is 5.96 Å². The van der Waals surface area contributed by atoms with Crippen molar-refractivity contribution >= 4 is 29.9 Å². The summed E-state index contributed by atoms with van der Waals surface area (Å²) in [5, 5.41) is 6.59. The minimum atomic E-state index is 0. The van der Waals surface area contributed by atoms with Crippen LogP contribution >= 0.6 is 24.0 Å². The quantitative estimate of drug-likeness (QED) is 0.181. The van der Waals surface area contributed by atoms with Crippen LogP contribution < -0.4 is 10.6 Å². The summed E-state index contributed by atoms with van der Waals surface area (Å²) < 4.78 is 11.0. The molecule has 0 radical (unpaired) electrons. The number of aliphatic imine (C=N–C) groups is 1. The normalized spacial score (nSPS) is 11.3. The molecule has 1 aromatic rings. The highest BCUT2D eigenvalue weighted by atomic mass is 127. The van der Waals surface area contributed by atoms with Gasteiger partial charge in [-0.3, -0.25) is 4.99 Å². The van der Waals surface area contributed by atoms with E-state index in [1.807, 2.05) is 6.07 Å². The van der Waals surface area contributed by atoms with Crippen molar-refractivity contribution in [2.24, 2.45) is 4.99 Å². The fraction of sp³-hybridized carbons (Fsp3) is 0.650. The Labute approximate surface area is 182 Å². The summed E-state index contributed by atoms with van der Waals surface area (Å²) >= 11 is 0. The Hall–Kier alpha value is -0.900. The van der Waals surface area contributed by atoms with Crippen LogP contribution in [0.2, 0.25) is 0 Å². The number of hydrogen-bond donors (Lipinski definition) is 2. The minimum absolute atomic E-state index is 0. The summed E-state index contributed by atoms with van der Waals surface area (Å²) in [7, 11) is 3.91. The molecule has 7 heteroatoms. The van der Waals surface area contributed by atoms with Crippen molar-refractivity contribution in [2.75, 3.05) is 60.2 Å². The first kappa shape index (κ1) is 26.1. The maximum Gasteiger partial charge on any atom is 0.191 e. The predicted octanol–water partition coefficient (Wildman–Crippen LogP) is 2.73. The zero-order valence-electron chi connectivity index (χ0n) is 17.1. The number of halogens is 1. The number of nitrogens with one attached hydrogen (secondary N) is 2. The van der Waals surface area contributed by atoms with E-state index in [1.165, 1.54) is 12.0 Å². The van der Waals surface area contributed by atoms with E-state index in [2.05, 4.69) is 58.8 Å². The molecule has 1 aromatic carbocycles. The van der Waals surface area contributed by atoms with Crippen LogP contribution in [0.3, 0.4) is 0 Å². The highest BCUT2D eigenvalue weighted by molar-refractivity contribution is 14.0. The number of ether oxygens (including phenoxy) is 2. The Kier molecular flexibility index (Phi) is 17.8. The molecule has 0 bridgehead atoms. The van der Waals surface area contributed by atoms with Gasteiger partial charge in [0.25, 0.3) is 0 Å². The lowest BCUT2D eigenvalue weighted by Crippen LogP contribution is -2.42. The summed E-state index contributed by atoms with van der Waals surface area (Å²) in [4.78, 5) is 6.52. The lowest BCUT2D eigenvalue weighted by molar-refractivity contribution is 0.0487. The topological polar surface area (TPSA) is 58.1 Å². The van der Waals surface area contributed by atoms with Crippen molar-refractivity contribution in [3.8, 4) is 0 Å². The van der Waals surface area contributed by atoms with Crippen LogP contribution in [0.4, 0.5) is 0 Å². The van der Waals surface area contributed by atoms with E-state index in [1.54, 1.807) is 7.05 Å². The van der Waals surface area contributed by atoms with Crippen molar-refractivity contribution < 1.29 is 9.47 Å². The van der Waals surface area contributed by atoms with Crippen LogP contribution in [-0.4, -0.2) is 71.0 Å². The molecule has 2 N–H and O–H groups in total. The molecule has 0 heterocycles. The van der Waals surface area contributed by atoms with Gasteiger partial charge in [-0.25, -0.2) is 0 Å². The monoisotopic (exact) mass is 492 g/mol. The summed E-state index contributed by atoms with van der Waals surface area (Å²) in [5.74, 6) is 0.806. The summed E-state index contributed by atoms with van der Waals surface area (Å²) in [6.07, 6.45) is 2.28. The number of hydrogen-bond acceptors (Lipinski definition) is 4. The third-order valence-electron chi connectivity index (χ3n) is 3.86. The highest BCUT2D eigenvalue weighted by Gasteiger charge is 2.01. The van der Waals surface area contributed by atoms with Crippen molar-refractivity contribution in [1.82, 2.24) is 15.5 Å². The molecule has 0 fully saturated rings. The highest BCUT2D eigenvalue weighted by Crippen LogP contribution is 2.01. The summed E-state index contributed by atoms with van der Waals surface area (Å²) in [6.45, 7) is 8.41. The molecule has 156 valence electrons. The molecule has 6 nitrogen and oxygen atoms in total. The van der Waals surface area contributed by atoms with E-state index in [0.717, 1.165) is 45.2 Å². The standard InChI is InChI=1S/C20H36N4O2.HI/c1-4-5-14-25-16-17-26-15-12-23-20(21-2)22-11-13-24(3)18-19-9-7-6-8-10-19;/h6-10H,4-5,11-18H2,1-3H3,(H2,21,22,23);1H. The van der Waals surface area contributed by atoms with Crippen molar-refractivity contribution in [3.05, 3.63) is 35.9 Å². The van der Waals surface area contributed by atoms with Gasteiger partial charge >= 0.3 is 0 Å². The third kappa shape index (κ3) is 14.8. The Morgan fingerprint density at radius 1 is 1.00 bits per heavy atom. The number of nitrogens with zero attached hydrogens (tertiary/aromatic N) is 2. The van der Waals surface area contributed by atoms with Gasteiger partial charge in [0, 0.05) is 39.8 Å². The molecule has 0 aliphatic heterocycles. The van der Waals surface area contributed by atoms with Crippen LogP contribution in [-0.2, 0) is 16.0 Å². The molecule has 0 saturated carbocycles. The van der Waals surface area contributed by atoms with Crippen LogP contribution in [0.15, 0.2) is 35.3 Å². The first-order valence-corrected chi connectivity index (χ1v) is 9.58. The maximum atomic E-state index is 5.54. The molecule has 1 rings (SSSR count). The fourth-order valence-electron chi connectivity index (χ4n) is 2.37. The molecule has 0 aliphatic rings. The first-order chi connectivity index (χ1) is 12.8. The molecule has 0 aromatic heterocycles. The lowest BCUT2D eigenvalue weighted by atomic mass is 10.2. The van der Waals surface area contributed by atoms with Crippen molar-refractivity contribution in [1.29, 1.82) is 0 Å². The minimum Gasteiger partial charge on any atom is -0.379 e. The zero-order valence-corrected chi connectivity index (χ0v) is 19.4. The SMILES string of the molecule is CCCCOCCOCCNC(=NC)NCCN(C)Cc1ccccc1.I. The van der Waals surface area contributed by atoms with E-state index in [0.29, 0.717) is 19.8 Å². The van der Waals surface area contributed by atoms with Gasteiger partial charge < -0.3 is 25.0 Å². The fourth-order valence-corrected chi connectivity index (χ4v) is 2.37. The maximum absolute atomic E-state index is 5.54. The molecule has 0 unspecified atom stereocenters. The van der Waals surface area contributed by atoms with Crippen LogP contribution in [0.5, 0.6) is 0 Å². The number of rotatable bonds is 14. The first-order valence-electron chi connectivity index (χ1n) is 9.58. The van der Waals surface area contributed by atoms with Crippen LogP contribution in [0.25, 0.3) is 0 Å². The Bertz CT molecular complexity index is 474. The van der Waals surface area contributed by atoms with Crippen molar-refractivity contribution in [3.63, 3.8) is 0 Å². The van der Waals surface area contributed by atoms with E-state index in [-0.39, 0.29) is 24.0 Å².